The van der Waals surface area contributed by atoms with E-state index in [0.717, 1.165) is 22.9 Å². The summed E-state index contributed by atoms with van der Waals surface area (Å²) in [6.45, 7) is 1.23. The summed E-state index contributed by atoms with van der Waals surface area (Å²) in [6, 6.07) is 12.9. The fraction of sp³-hybridized carbons (Fsp3) is 0.364. The molecule has 0 unspecified atom stereocenters. The van der Waals surface area contributed by atoms with Crippen LogP contribution >= 0.6 is 12.4 Å². The second-order valence-corrected chi connectivity index (χ2v) is 12.2. The van der Waals surface area contributed by atoms with Gasteiger partial charge in [-0.05, 0) is 43.4 Å². The minimum Gasteiger partial charge on any atom is -0.351 e. The molecule has 5 heterocycles. The lowest BCUT2D eigenvalue weighted by Crippen LogP contribution is -2.49. The van der Waals surface area contributed by atoms with E-state index in [1.54, 1.807) is 31.6 Å². The highest BCUT2D eigenvalue weighted by Crippen LogP contribution is 2.37. The number of halogens is 4. The number of benzene rings is 1. The summed E-state index contributed by atoms with van der Waals surface area (Å²) in [5, 5.41) is 14.7. The van der Waals surface area contributed by atoms with Gasteiger partial charge in [-0.1, -0.05) is 30.3 Å². The second kappa shape index (κ2) is 14.7. The molecule has 0 radical (unpaired) electrons. The van der Waals surface area contributed by atoms with Crippen LogP contribution in [-0.2, 0) is 32.9 Å². The number of nitrogens with one attached hydrogen (secondary N) is 2. The third-order valence-electron chi connectivity index (χ3n) is 8.92. The van der Waals surface area contributed by atoms with E-state index in [4.69, 9.17) is 0 Å². The van der Waals surface area contributed by atoms with Crippen LogP contribution in [-0.4, -0.2) is 64.2 Å². The van der Waals surface area contributed by atoms with Crippen molar-refractivity contribution in [3.05, 3.63) is 90.5 Å². The van der Waals surface area contributed by atoms with Crippen LogP contribution in [0.1, 0.15) is 42.6 Å². The van der Waals surface area contributed by atoms with Crippen molar-refractivity contribution in [3.63, 3.8) is 0 Å². The summed E-state index contributed by atoms with van der Waals surface area (Å²) in [4.78, 5) is 34.3. The smallest absolute Gasteiger partial charge is 0.351 e. The zero-order valence-electron chi connectivity index (χ0n) is 27.2. The van der Waals surface area contributed by atoms with Crippen LogP contribution in [0.3, 0.4) is 0 Å². The number of urea groups is 1. The molecular weight excluding hydrogens is 673 g/mol. The summed E-state index contributed by atoms with van der Waals surface area (Å²) in [5.41, 5.74) is 1.89. The van der Waals surface area contributed by atoms with E-state index in [9.17, 15) is 18.0 Å². The minimum absolute atomic E-state index is 0. The predicted molar refractivity (Wildman–Crippen MR) is 183 cm³/mol. The molecule has 2 N–H and O–H groups in total. The van der Waals surface area contributed by atoms with Crippen molar-refractivity contribution in [2.45, 2.75) is 63.6 Å². The molecule has 1 saturated carbocycles. The zero-order chi connectivity index (χ0) is 34.0. The normalized spacial score (nSPS) is 17.4. The monoisotopic (exact) mass is 708 g/mol. The summed E-state index contributed by atoms with van der Waals surface area (Å²) < 4.78 is 45.4. The van der Waals surface area contributed by atoms with Crippen molar-refractivity contribution in [2.75, 3.05) is 21.7 Å². The Bertz CT molecular complexity index is 1890. The maximum absolute atomic E-state index is 14.0. The van der Waals surface area contributed by atoms with Gasteiger partial charge in [-0.25, -0.2) is 24.4 Å². The maximum Gasteiger partial charge on any atom is 0.421 e. The van der Waals surface area contributed by atoms with Crippen LogP contribution in [0.2, 0.25) is 0 Å². The fourth-order valence-corrected chi connectivity index (χ4v) is 6.37. The first kappa shape index (κ1) is 34.6. The van der Waals surface area contributed by atoms with Gasteiger partial charge < -0.3 is 15.5 Å². The largest absolute Gasteiger partial charge is 0.421 e. The van der Waals surface area contributed by atoms with Crippen molar-refractivity contribution < 1.29 is 18.0 Å². The quantitative estimate of drug-likeness (QED) is 0.215. The van der Waals surface area contributed by atoms with Gasteiger partial charge in [0.05, 0.1) is 19.3 Å². The van der Waals surface area contributed by atoms with E-state index < -0.39 is 11.7 Å². The van der Waals surface area contributed by atoms with Crippen LogP contribution < -0.4 is 20.4 Å². The summed E-state index contributed by atoms with van der Waals surface area (Å²) in [5.74, 6) is 1.05. The Labute approximate surface area is 292 Å². The second-order valence-electron chi connectivity index (χ2n) is 12.2. The number of aryl methyl sites for hydroxylation is 1. The standard InChI is InChI=1S/C33H35F3N12O.ClH/c1-45-19-24(17-41-45)23-7-12-28(37-16-23)48(32(49)39-15-22-5-3-2-4-6-22)26-10-8-25(9-11-26)43-31-38-18-27(33(34,35)36)30(44-31)46-13-14-47-29(20-46)40-21-42-47;/h2-7,12,16-19,21,25-26H,8-11,13-15,20H2,1H3,(H,39,49)(H,38,43,44);1H. The van der Waals surface area contributed by atoms with Crippen LogP contribution in [0.15, 0.2) is 73.6 Å². The van der Waals surface area contributed by atoms with Crippen molar-refractivity contribution >= 4 is 36.0 Å². The molecule has 0 saturated heterocycles. The first-order valence-corrected chi connectivity index (χ1v) is 16.1. The Morgan fingerprint density at radius 3 is 2.44 bits per heavy atom. The highest BCUT2D eigenvalue weighted by molar-refractivity contribution is 5.91. The number of nitrogens with zero attached hydrogens (tertiary/aromatic N) is 10. The molecule has 0 bridgehead atoms. The number of fused-ring (bicyclic) bond motifs is 1. The number of alkyl halides is 3. The van der Waals surface area contributed by atoms with Gasteiger partial charge >= 0.3 is 12.2 Å². The molecule has 13 nitrogen and oxygen atoms in total. The number of aromatic nitrogens is 8. The number of anilines is 3. The Morgan fingerprint density at radius 2 is 1.74 bits per heavy atom. The molecular formula is C33H36ClF3N12O. The number of carbonyl (C=O) groups excluding carboxylic acids is 1. The van der Waals surface area contributed by atoms with Gasteiger partial charge in [0.2, 0.25) is 5.95 Å². The van der Waals surface area contributed by atoms with E-state index in [1.807, 2.05) is 55.7 Å². The molecule has 262 valence electrons. The molecule has 0 atom stereocenters. The number of hydrogen-bond acceptors (Lipinski definition) is 9. The first-order chi connectivity index (χ1) is 23.7. The first-order valence-electron chi connectivity index (χ1n) is 16.1. The van der Waals surface area contributed by atoms with Gasteiger partial charge in [-0.2, -0.15) is 28.4 Å². The molecule has 5 aromatic rings. The summed E-state index contributed by atoms with van der Waals surface area (Å²) >= 11 is 0. The fourth-order valence-electron chi connectivity index (χ4n) is 6.37. The lowest BCUT2D eigenvalue weighted by atomic mass is 9.90. The lowest BCUT2D eigenvalue weighted by molar-refractivity contribution is -0.137. The maximum atomic E-state index is 14.0. The Kier molecular flexibility index (Phi) is 10.2. The van der Waals surface area contributed by atoms with Crippen LogP contribution in [0.25, 0.3) is 11.1 Å². The molecule has 1 aliphatic carbocycles. The van der Waals surface area contributed by atoms with Gasteiger partial charge in [0.15, 0.2) is 0 Å². The molecule has 4 aromatic heterocycles. The average Bonchev–Trinajstić information content (AvgIpc) is 3.77. The topological polar surface area (TPSA) is 135 Å². The SMILES string of the molecule is Cl.Cn1cc(-c2ccc(N(C(=O)NCc3ccccc3)C3CCC(Nc4ncc(C(F)(F)F)c(N5CCn6ncnc6C5)n4)CC3)nc2)cn1. The number of hydrogen-bond donors (Lipinski definition) is 2. The zero-order valence-corrected chi connectivity index (χ0v) is 28.0. The number of carbonyl (C=O) groups is 1. The Morgan fingerprint density at radius 1 is 0.940 bits per heavy atom. The Balaban J connectivity index is 0.00000432. The van der Waals surface area contributed by atoms with Crippen LogP contribution in [0, 0.1) is 0 Å². The molecule has 7 rings (SSSR count). The minimum atomic E-state index is -4.62. The van der Waals surface area contributed by atoms with E-state index in [0.29, 0.717) is 57.0 Å². The van der Waals surface area contributed by atoms with E-state index in [2.05, 4.69) is 40.8 Å². The van der Waals surface area contributed by atoms with Gasteiger partial charge in [-0.15, -0.1) is 12.4 Å². The van der Waals surface area contributed by atoms with Crippen molar-refractivity contribution in [2.24, 2.45) is 7.05 Å². The number of rotatable bonds is 8. The molecule has 2 aliphatic rings. The highest BCUT2D eigenvalue weighted by atomic mass is 35.5. The molecule has 1 fully saturated rings. The molecule has 17 heteroatoms. The number of amides is 2. The molecule has 0 spiro atoms. The van der Waals surface area contributed by atoms with Crippen molar-refractivity contribution in [3.8, 4) is 11.1 Å². The molecule has 1 aromatic carbocycles. The van der Waals surface area contributed by atoms with E-state index >= 15 is 0 Å². The third-order valence-corrected chi connectivity index (χ3v) is 8.92. The Hall–Kier alpha value is -5.25. The lowest BCUT2D eigenvalue weighted by Gasteiger charge is -2.36. The van der Waals surface area contributed by atoms with Crippen molar-refractivity contribution in [1.29, 1.82) is 0 Å². The van der Waals surface area contributed by atoms with Crippen LogP contribution in [0.5, 0.6) is 0 Å². The van der Waals surface area contributed by atoms with Gasteiger partial charge in [0.25, 0.3) is 0 Å². The number of pyridine rings is 1. The predicted octanol–water partition coefficient (Wildman–Crippen LogP) is 5.46. The van der Waals surface area contributed by atoms with E-state index in [1.165, 1.54) is 6.33 Å². The van der Waals surface area contributed by atoms with Gasteiger partial charge in [0.1, 0.15) is 29.4 Å². The van der Waals surface area contributed by atoms with Crippen LogP contribution in [0.4, 0.5) is 35.5 Å². The summed E-state index contributed by atoms with van der Waals surface area (Å²) in [7, 11) is 1.85. The average molecular weight is 709 g/mol. The molecule has 50 heavy (non-hydrogen) atoms. The third kappa shape index (κ3) is 7.64. The molecule has 2 amide bonds. The summed E-state index contributed by atoms with van der Waals surface area (Å²) in [6.07, 6.45) is 5.59. The van der Waals surface area contributed by atoms with Crippen molar-refractivity contribution in [1.82, 2.24) is 44.8 Å². The van der Waals surface area contributed by atoms with Gasteiger partial charge in [-0.3, -0.25) is 9.58 Å². The van der Waals surface area contributed by atoms with E-state index in [-0.39, 0.29) is 48.8 Å². The highest BCUT2D eigenvalue weighted by Gasteiger charge is 2.38. The van der Waals surface area contributed by atoms with Gasteiger partial charge in [0, 0.05) is 61.9 Å². The molecule has 1 aliphatic heterocycles.